The number of carboxylic acid groups (broad SMARTS) is 2. The van der Waals surface area contributed by atoms with Crippen molar-refractivity contribution in [2.45, 2.75) is 108 Å². The van der Waals surface area contributed by atoms with Crippen LogP contribution in [0.15, 0.2) is 48.5 Å². The fourth-order valence-electron chi connectivity index (χ4n) is 5.63. The number of nitrogens with two attached hydrogens (primary N) is 2. The molecule has 3 saturated carbocycles. The maximum absolute atomic E-state index is 11.5. The maximum Gasteiger partial charge on any atom is 2.00 e. The van der Waals surface area contributed by atoms with Crippen LogP contribution in [0.1, 0.15) is 81.8 Å². The molecule has 10 nitrogen and oxygen atoms in total. The van der Waals surface area contributed by atoms with Gasteiger partial charge in [-0.15, -0.1) is 11.5 Å². The van der Waals surface area contributed by atoms with Gasteiger partial charge < -0.3 is 52.1 Å². The summed E-state index contributed by atoms with van der Waals surface area (Å²) in [4.78, 5) is 20.4. The van der Waals surface area contributed by atoms with E-state index in [2.05, 4.69) is 10.6 Å². The Morgan fingerprint density at radius 3 is 1.30 bits per heavy atom. The first-order chi connectivity index (χ1) is 20.1. The molecule has 0 saturated heterocycles. The van der Waals surface area contributed by atoms with Crippen LogP contribution in [-0.4, -0.2) is 36.1 Å². The Hall–Kier alpha value is -1.80. The average Bonchev–Trinajstić information content (AvgIpc) is 2.93. The Bertz CT molecular complexity index is 1070. The molecule has 44 heavy (non-hydrogen) atoms. The van der Waals surface area contributed by atoms with Crippen molar-refractivity contribution in [1.29, 1.82) is 0 Å². The van der Waals surface area contributed by atoms with E-state index in [-0.39, 0.29) is 78.6 Å². The molecule has 3 aliphatic rings. The van der Waals surface area contributed by atoms with Crippen LogP contribution in [0.25, 0.3) is 0 Å². The Kier molecular flexibility index (Phi) is 18.6. The third-order valence-electron chi connectivity index (χ3n) is 8.68. The molecule has 0 spiro atoms. The molecule has 3 fully saturated rings. The molecule has 12 heteroatoms. The number of para-hydroxylation sites is 2. The number of aliphatic carboxylic acids is 2. The zero-order chi connectivity index (χ0) is 30.5. The van der Waals surface area contributed by atoms with E-state index in [1.54, 1.807) is 24.3 Å². The van der Waals surface area contributed by atoms with Crippen LogP contribution in [-0.2, 0) is 64.8 Å². The van der Waals surface area contributed by atoms with Crippen molar-refractivity contribution in [2.24, 2.45) is 16.9 Å². The van der Waals surface area contributed by atoms with Gasteiger partial charge in [0, 0.05) is 42.7 Å². The predicted molar refractivity (Wildman–Crippen MR) is 152 cm³/mol. The second-order valence-corrected chi connectivity index (χ2v) is 11.6. The number of carboxylic acids is 2. The average molecular weight is 971 g/mol. The van der Waals surface area contributed by atoms with E-state index < -0.39 is 17.4 Å². The number of carbonyl (C=O) groups excluding carboxylic acids is 2. The monoisotopic (exact) mass is 970 g/mol. The van der Waals surface area contributed by atoms with Gasteiger partial charge in [-0.25, -0.2) is 0 Å². The molecule has 0 radical (unpaired) electrons. The van der Waals surface area contributed by atoms with Crippen LogP contribution in [0.5, 0.6) is 11.5 Å². The first-order valence-electron chi connectivity index (χ1n) is 15.0. The molecule has 0 unspecified atom stereocenters. The normalized spacial score (nSPS) is 23.4. The Balaban J connectivity index is 0.000000332. The van der Waals surface area contributed by atoms with Crippen LogP contribution >= 0.6 is 0 Å². The van der Waals surface area contributed by atoms with Crippen LogP contribution < -0.4 is 42.5 Å². The molecule has 0 heterocycles. The van der Waals surface area contributed by atoms with Crippen LogP contribution in [0.2, 0.25) is 0 Å². The van der Waals surface area contributed by atoms with E-state index in [0.717, 1.165) is 36.8 Å². The molecule has 0 aliphatic heterocycles. The molecule has 0 amide bonds. The van der Waals surface area contributed by atoms with Crippen molar-refractivity contribution in [3.63, 3.8) is 0 Å². The second kappa shape index (κ2) is 20.3. The number of nitrogens with one attached hydrogen (secondary N) is 2. The van der Waals surface area contributed by atoms with Gasteiger partial charge in [-0.2, -0.15) is 0 Å². The molecule has 4 atom stereocenters. The summed E-state index contributed by atoms with van der Waals surface area (Å²) in [5.41, 5.74) is 12.1. The zero-order valence-corrected chi connectivity index (χ0v) is 29.4. The molecule has 0 aromatic heterocycles. The minimum atomic E-state index is -1.67. The number of benzene rings is 2. The van der Waals surface area contributed by atoms with Crippen LogP contribution in [0.4, 0.5) is 0 Å². The van der Waals surface area contributed by atoms with Crippen molar-refractivity contribution < 1.29 is 72.1 Å². The van der Waals surface area contributed by atoms with E-state index in [9.17, 15) is 30.0 Å². The number of hydrogen-bond donors (Lipinski definition) is 4. The maximum atomic E-state index is 11.5. The van der Waals surface area contributed by atoms with Gasteiger partial charge in [0.1, 0.15) is 0 Å². The Morgan fingerprint density at radius 2 is 1.02 bits per heavy atom. The topological polar surface area (TPSA) is 202 Å². The standard InChI is InChI=1S/2C13H20N2O.C6H8O4.2Pt/c2*14-11-6-2-3-7-12(11)15-9-10-5-1-4-8-13(10)16;7-4(8)6(5(9)10)2-1-3-6;;/h2*1,4-5,8,11-12,15-16H,2-3,6-7,9,14H2;1-3H2,(H,7,8)(H,9,10);;/q;;;2*+2/p-4/t2*11-,12-;;;/m11.../s1. The van der Waals surface area contributed by atoms with Gasteiger partial charge in [-0.05, 0) is 49.7 Å². The van der Waals surface area contributed by atoms with Gasteiger partial charge >= 0.3 is 42.1 Å². The molecule has 5 rings (SSSR count). The smallest absolute Gasteiger partial charge is 0.872 e. The van der Waals surface area contributed by atoms with E-state index in [0.29, 0.717) is 31.6 Å². The summed E-state index contributed by atoms with van der Waals surface area (Å²) in [6.07, 6.45) is 10.3. The van der Waals surface area contributed by atoms with Crippen LogP contribution in [0.3, 0.4) is 0 Å². The minimum Gasteiger partial charge on any atom is -0.872 e. The fourth-order valence-corrected chi connectivity index (χ4v) is 5.63. The van der Waals surface area contributed by atoms with E-state index in [1.807, 2.05) is 24.3 Å². The summed E-state index contributed by atoms with van der Waals surface area (Å²) in [5.74, 6) is -2.81. The quantitative estimate of drug-likeness (QED) is 0.259. The predicted octanol–water partition coefficient (Wildman–Crippen LogP) is -0.109. The second-order valence-electron chi connectivity index (χ2n) is 11.6. The molecule has 2 aromatic carbocycles. The van der Waals surface area contributed by atoms with Crippen molar-refractivity contribution in [3.8, 4) is 11.5 Å². The Labute approximate surface area is 289 Å². The first-order valence-corrected chi connectivity index (χ1v) is 15.0. The van der Waals surface area contributed by atoms with E-state index in [1.165, 1.54) is 25.7 Å². The van der Waals surface area contributed by atoms with Gasteiger partial charge in [0.15, 0.2) is 0 Å². The summed E-state index contributed by atoms with van der Waals surface area (Å²) >= 11 is 0. The zero-order valence-electron chi connectivity index (χ0n) is 24.9. The molecular weight excluding hydrogens is 927 g/mol. The fraction of sp³-hybridized carbons (Fsp3) is 0.562. The summed E-state index contributed by atoms with van der Waals surface area (Å²) in [6, 6.07) is 15.6. The minimum absolute atomic E-state index is 0. The van der Waals surface area contributed by atoms with Gasteiger partial charge in [-0.1, -0.05) is 80.6 Å². The van der Waals surface area contributed by atoms with Crippen molar-refractivity contribution >= 4 is 11.9 Å². The number of rotatable bonds is 8. The number of carbonyl (C=O) groups is 2. The van der Waals surface area contributed by atoms with Gasteiger partial charge in [0.2, 0.25) is 0 Å². The molecule has 6 N–H and O–H groups in total. The third kappa shape index (κ3) is 11.8. The molecule has 248 valence electrons. The third-order valence-corrected chi connectivity index (χ3v) is 8.68. The van der Waals surface area contributed by atoms with Gasteiger partial charge in [0.25, 0.3) is 0 Å². The van der Waals surface area contributed by atoms with Crippen molar-refractivity contribution in [1.82, 2.24) is 10.6 Å². The van der Waals surface area contributed by atoms with Crippen molar-refractivity contribution in [3.05, 3.63) is 59.7 Å². The van der Waals surface area contributed by atoms with Crippen molar-refractivity contribution in [2.75, 3.05) is 0 Å². The molecule has 3 aliphatic carbocycles. The molecule has 2 aromatic rings. The Morgan fingerprint density at radius 1 is 0.659 bits per heavy atom. The van der Waals surface area contributed by atoms with E-state index in [4.69, 9.17) is 11.5 Å². The molecule has 0 bridgehead atoms. The van der Waals surface area contributed by atoms with Crippen LogP contribution in [0, 0.1) is 5.41 Å². The van der Waals surface area contributed by atoms with Gasteiger partial charge in [-0.3, -0.25) is 0 Å². The first kappa shape index (κ1) is 40.2. The largest absolute Gasteiger partial charge is 2.00 e. The number of hydrogen-bond acceptors (Lipinski definition) is 10. The summed E-state index contributed by atoms with van der Waals surface area (Å²) in [6.45, 7) is 1.27. The van der Waals surface area contributed by atoms with E-state index >= 15 is 0 Å². The summed E-state index contributed by atoms with van der Waals surface area (Å²) in [7, 11) is 0. The summed E-state index contributed by atoms with van der Waals surface area (Å²) < 4.78 is 0. The van der Waals surface area contributed by atoms with Gasteiger partial charge in [0.05, 0.1) is 11.9 Å². The molecular formula is C32H44N4O6Pt2. The SMILES string of the molecule is N[C@@H]1CCCC[C@H]1NCc1ccccc1[O-].N[C@@H]1CCCC[C@H]1NCc1ccccc1[O-].O=C([O-])C1(C(=O)[O-])CCC1.[Pt+2].[Pt+2]. The summed E-state index contributed by atoms with van der Waals surface area (Å²) in [5, 5.41) is 50.2.